The molecule has 0 saturated carbocycles. The molecular weight excluding hydrogens is 276 g/mol. The SMILES string of the molecule is CCCc1ccc(O)cc1C(NC(O)CO)NC(O)CO. The Bertz CT molecular complexity index is 418. The molecule has 7 N–H and O–H groups in total. The maximum Gasteiger partial charge on any atom is 0.129 e. The maximum atomic E-state index is 9.66. The topological polar surface area (TPSA) is 125 Å². The lowest BCUT2D eigenvalue weighted by Crippen LogP contribution is -2.47. The number of aromatic hydroxyl groups is 1. The molecule has 0 aliphatic heterocycles. The molecule has 21 heavy (non-hydrogen) atoms. The van der Waals surface area contributed by atoms with Gasteiger partial charge in [0.2, 0.25) is 0 Å². The number of phenols is 1. The van der Waals surface area contributed by atoms with Crippen LogP contribution in [0.2, 0.25) is 0 Å². The van der Waals surface area contributed by atoms with E-state index in [1.807, 2.05) is 6.92 Å². The molecule has 0 aliphatic rings. The molecule has 7 nitrogen and oxygen atoms in total. The summed E-state index contributed by atoms with van der Waals surface area (Å²) in [6.45, 7) is 1.00. The highest BCUT2D eigenvalue weighted by Crippen LogP contribution is 2.23. The second kappa shape index (κ2) is 8.93. The lowest BCUT2D eigenvalue weighted by molar-refractivity contribution is 0.0208. The number of phenolic OH excluding ortho intramolecular Hbond substituents is 1. The minimum absolute atomic E-state index is 0.0513. The maximum absolute atomic E-state index is 9.66. The number of aliphatic hydroxyl groups is 4. The van der Waals surface area contributed by atoms with Crippen LogP contribution < -0.4 is 10.6 Å². The number of hydrogen-bond acceptors (Lipinski definition) is 7. The Balaban J connectivity index is 3.07. The van der Waals surface area contributed by atoms with Gasteiger partial charge < -0.3 is 25.5 Å². The molecule has 1 rings (SSSR count). The third-order valence-corrected chi connectivity index (χ3v) is 3.02. The first-order valence-corrected chi connectivity index (χ1v) is 6.93. The van der Waals surface area contributed by atoms with E-state index in [2.05, 4.69) is 10.6 Å². The van der Waals surface area contributed by atoms with Gasteiger partial charge in [-0.15, -0.1) is 0 Å². The van der Waals surface area contributed by atoms with Crippen molar-refractivity contribution in [2.24, 2.45) is 0 Å². The van der Waals surface area contributed by atoms with E-state index in [0.29, 0.717) is 5.56 Å². The molecule has 0 heterocycles. The number of hydrogen-bond donors (Lipinski definition) is 7. The van der Waals surface area contributed by atoms with Crippen LogP contribution in [-0.2, 0) is 6.42 Å². The van der Waals surface area contributed by atoms with Crippen LogP contribution in [0.25, 0.3) is 0 Å². The highest BCUT2D eigenvalue weighted by atomic mass is 16.3. The van der Waals surface area contributed by atoms with Crippen LogP contribution in [0.4, 0.5) is 0 Å². The van der Waals surface area contributed by atoms with Crippen LogP contribution in [0.5, 0.6) is 5.75 Å². The number of aliphatic hydroxyl groups excluding tert-OH is 4. The fourth-order valence-electron chi connectivity index (χ4n) is 2.07. The Morgan fingerprint density at radius 3 is 2.10 bits per heavy atom. The molecule has 0 fully saturated rings. The van der Waals surface area contributed by atoms with Crippen molar-refractivity contribution < 1.29 is 25.5 Å². The Morgan fingerprint density at radius 2 is 1.62 bits per heavy atom. The molecule has 1 aromatic carbocycles. The van der Waals surface area contributed by atoms with Crippen molar-refractivity contribution in [2.75, 3.05) is 13.2 Å². The summed E-state index contributed by atoms with van der Waals surface area (Å²) in [5, 5.41) is 52.0. The van der Waals surface area contributed by atoms with Gasteiger partial charge in [-0.05, 0) is 29.7 Å². The molecule has 0 amide bonds. The van der Waals surface area contributed by atoms with Crippen molar-refractivity contribution in [1.29, 1.82) is 0 Å². The van der Waals surface area contributed by atoms with Crippen molar-refractivity contribution in [1.82, 2.24) is 10.6 Å². The summed E-state index contributed by atoms with van der Waals surface area (Å²) in [4.78, 5) is 0. The van der Waals surface area contributed by atoms with Crippen LogP contribution in [0.1, 0.15) is 30.6 Å². The molecule has 0 radical (unpaired) electrons. The van der Waals surface area contributed by atoms with Crippen LogP contribution >= 0.6 is 0 Å². The van der Waals surface area contributed by atoms with E-state index in [9.17, 15) is 15.3 Å². The van der Waals surface area contributed by atoms with Gasteiger partial charge in [0.25, 0.3) is 0 Å². The van der Waals surface area contributed by atoms with Gasteiger partial charge in [-0.25, -0.2) is 0 Å². The zero-order valence-corrected chi connectivity index (χ0v) is 12.0. The number of rotatable bonds is 9. The molecule has 0 aliphatic carbocycles. The number of nitrogens with one attached hydrogen (secondary N) is 2. The Morgan fingerprint density at radius 1 is 1.05 bits per heavy atom. The quantitative estimate of drug-likeness (QED) is 0.296. The third kappa shape index (κ3) is 5.58. The largest absolute Gasteiger partial charge is 0.508 e. The first-order chi connectivity index (χ1) is 10.0. The Kier molecular flexibility index (Phi) is 7.58. The molecule has 2 atom stereocenters. The minimum atomic E-state index is -1.20. The van der Waals surface area contributed by atoms with Crippen molar-refractivity contribution in [3.8, 4) is 5.75 Å². The first kappa shape index (κ1) is 17.8. The molecule has 0 aromatic heterocycles. The van der Waals surface area contributed by atoms with Gasteiger partial charge in [-0.3, -0.25) is 10.6 Å². The Labute approximate surface area is 123 Å². The van der Waals surface area contributed by atoms with Crippen molar-refractivity contribution in [3.05, 3.63) is 29.3 Å². The van der Waals surface area contributed by atoms with E-state index < -0.39 is 31.8 Å². The average molecular weight is 300 g/mol. The van der Waals surface area contributed by atoms with Gasteiger partial charge in [-0.1, -0.05) is 19.4 Å². The monoisotopic (exact) mass is 300 g/mol. The van der Waals surface area contributed by atoms with E-state index in [1.165, 1.54) is 6.07 Å². The highest BCUT2D eigenvalue weighted by molar-refractivity contribution is 5.37. The van der Waals surface area contributed by atoms with Crippen LogP contribution in [0, 0.1) is 0 Å². The Hall–Kier alpha value is -1.22. The van der Waals surface area contributed by atoms with Gasteiger partial charge in [-0.2, -0.15) is 0 Å². The van der Waals surface area contributed by atoms with Crippen molar-refractivity contribution in [3.63, 3.8) is 0 Å². The van der Waals surface area contributed by atoms with Gasteiger partial charge in [0.1, 0.15) is 18.2 Å². The molecule has 0 bridgehead atoms. The minimum Gasteiger partial charge on any atom is -0.508 e. The zero-order chi connectivity index (χ0) is 15.8. The molecule has 0 saturated heterocycles. The second-order valence-electron chi connectivity index (χ2n) is 4.80. The van der Waals surface area contributed by atoms with E-state index in [0.717, 1.165) is 18.4 Å². The summed E-state index contributed by atoms with van der Waals surface area (Å²) in [6.07, 6.45) is -1.51. The van der Waals surface area contributed by atoms with Crippen molar-refractivity contribution in [2.45, 2.75) is 38.4 Å². The lowest BCUT2D eigenvalue weighted by atomic mass is 10.00. The summed E-state index contributed by atoms with van der Waals surface area (Å²) in [6, 6.07) is 4.85. The smallest absolute Gasteiger partial charge is 0.129 e. The molecule has 120 valence electrons. The normalized spacial score (nSPS) is 15.7. The van der Waals surface area contributed by atoms with Gasteiger partial charge in [0.15, 0.2) is 0 Å². The fraction of sp³-hybridized carbons (Fsp3) is 0.571. The number of benzene rings is 1. The van der Waals surface area contributed by atoms with Crippen molar-refractivity contribution >= 4 is 0 Å². The predicted molar refractivity (Wildman–Crippen MR) is 77.3 cm³/mol. The van der Waals surface area contributed by atoms with E-state index in [4.69, 9.17) is 10.2 Å². The second-order valence-corrected chi connectivity index (χ2v) is 4.80. The van der Waals surface area contributed by atoms with E-state index in [1.54, 1.807) is 12.1 Å². The van der Waals surface area contributed by atoms with Gasteiger partial charge in [0.05, 0.1) is 19.4 Å². The summed E-state index contributed by atoms with van der Waals surface area (Å²) >= 11 is 0. The average Bonchev–Trinajstić information content (AvgIpc) is 2.48. The molecular formula is C14H24N2O5. The number of aryl methyl sites for hydroxylation is 1. The van der Waals surface area contributed by atoms with E-state index >= 15 is 0 Å². The van der Waals surface area contributed by atoms with Gasteiger partial charge >= 0.3 is 0 Å². The molecule has 2 unspecified atom stereocenters. The van der Waals surface area contributed by atoms with Crippen LogP contribution in [-0.4, -0.2) is 51.2 Å². The summed E-state index contributed by atoms with van der Waals surface area (Å²) in [7, 11) is 0. The zero-order valence-electron chi connectivity index (χ0n) is 12.0. The summed E-state index contributed by atoms with van der Waals surface area (Å²) in [5.74, 6) is 0.0513. The lowest BCUT2D eigenvalue weighted by Gasteiger charge is -2.27. The fourth-order valence-corrected chi connectivity index (χ4v) is 2.07. The van der Waals surface area contributed by atoms with Gasteiger partial charge in [0, 0.05) is 0 Å². The standard InChI is InChI=1S/C14H24N2O5/c1-2-3-9-4-5-10(19)6-11(9)14(15-12(20)7-17)16-13(21)8-18/h4-6,12-21H,2-3,7-8H2,1H3. The molecule has 1 aromatic rings. The van der Waals surface area contributed by atoms with Crippen LogP contribution in [0.3, 0.4) is 0 Å². The summed E-state index contributed by atoms with van der Waals surface area (Å²) < 4.78 is 0. The molecule has 0 spiro atoms. The highest BCUT2D eigenvalue weighted by Gasteiger charge is 2.20. The first-order valence-electron chi connectivity index (χ1n) is 6.93. The molecule has 7 heteroatoms. The van der Waals surface area contributed by atoms with E-state index in [-0.39, 0.29) is 5.75 Å². The van der Waals surface area contributed by atoms with Crippen LogP contribution in [0.15, 0.2) is 18.2 Å². The third-order valence-electron chi connectivity index (χ3n) is 3.02. The summed E-state index contributed by atoms with van der Waals surface area (Å²) in [5.41, 5.74) is 1.56. The predicted octanol–water partition coefficient (Wildman–Crippen LogP) is -0.856.